The molecule has 0 saturated heterocycles. The van der Waals surface area contributed by atoms with E-state index in [1.54, 1.807) is 37.3 Å². The highest BCUT2D eigenvalue weighted by Gasteiger charge is 2.26. The van der Waals surface area contributed by atoms with Crippen LogP contribution in [0.5, 0.6) is 0 Å². The summed E-state index contributed by atoms with van der Waals surface area (Å²) in [5.74, 6) is -1.71. The summed E-state index contributed by atoms with van der Waals surface area (Å²) in [4.78, 5) is 35.5. The van der Waals surface area contributed by atoms with E-state index in [1.165, 1.54) is 28.6 Å². The van der Waals surface area contributed by atoms with Crippen LogP contribution in [-0.4, -0.2) is 39.5 Å². The zero-order valence-corrected chi connectivity index (χ0v) is 19.8. The first-order valence-electron chi connectivity index (χ1n) is 10.8. The fourth-order valence-electron chi connectivity index (χ4n) is 3.15. The Kier molecular flexibility index (Phi) is 8.58. The molecule has 3 amide bonds. The molecule has 0 unspecified atom stereocenters. The van der Waals surface area contributed by atoms with Gasteiger partial charge in [0.2, 0.25) is 0 Å². The number of carbonyl (C=O) groups is 3. The first-order valence-corrected chi connectivity index (χ1v) is 12.2. The minimum Gasteiger partial charge on any atom is -0.452 e. The average molecular weight is 496 g/mol. The molecule has 0 atom stereocenters. The Balaban J connectivity index is 1.81. The van der Waals surface area contributed by atoms with Crippen molar-refractivity contribution >= 4 is 33.6 Å². The lowest BCUT2D eigenvalue weighted by molar-refractivity contribution is -0.123. The third-order valence-corrected chi connectivity index (χ3v) is 6.57. The summed E-state index contributed by atoms with van der Waals surface area (Å²) in [5, 5.41) is 4.39. The monoisotopic (exact) mass is 495 g/mol. The van der Waals surface area contributed by atoms with Crippen LogP contribution in [0.3, 0.4) is 0 Å². The van der Waals surface area contributed by atoms with Crippen molar-refractivity contribution in [3.8, 4) is 0 Å². The van der Waals surface area contributed by atoms with Crippen LogP contribution in [0.15, 0.2) is 89.8 Å². The summed E-state index contributed by atoms with van der Waals surface area (Å²) >= 11 is 0. The maximum absolute atomic E-state index is 13.6. The Morgan fingerprint density at radius 3 is 2.20 bits per heavy atom. The van der Waals surface area contributed by atoms with Crippen LogP contribution in [0.2, 0.25) is 0 Å². The maximum Gasteiger partial charge on any atom is 0.338 e. The van der Waals surface area contributed by atoms with Crippen molar-refractivity contribution in [1.82, 2.24) is 10.6 Å². The number of nitrogens with one attached hydrogen (secondary N) is 2. The molecule has 182 valence electrons. The van der Waals surface area contributed by atoms with Gasteiger partial charge in [-0.25, -0.2) is 18.0 Å². The Morgan fingerprint density at radius 1 is 0.886 bits per heavy atom. The number of sulfonamides is 1. The van der Waals surface area contributed by atoms with Gasteiger partial charge in [-0.15, -0.1) is 0 Å². The SMILES string of the molecule is CCNC(=O)NC(=O)COC(=O)c1cccc(S(=O)(=O)N(Cc2ccccc2)c2ccccc2)c1. The van der Waals surface area contributed by atoms with Crippen molar-refractivity contribution in [2.24, 2.45) is 0 Å². The van der Waals surface area contributed by atoms with E-state index >= 15 is 0 Å². The molecule has 3 aromatic carbocycles. The molecule has 2 N–H and O–H groups in total. The largest absolute Gasteiger partial charge is 0.452 e. The highest BCUT2D eigenvalue weighted by Crippen LogP contribution is 2.26. The molecule has 0 aliphatic heterocycles. The van der Waals surface area contributed by atoms with E-state index in [4.69, 9.17) is 4.74 Å². The number of urea groups is 1. The van der Waals surface area contributed by atoms with Gasteiger partial charge >= 0.3 is 12.0 Å². The first-order chi connectivity index (χ1) is 16.8. The molecule has 0 spiro atoms. The van der Waals surface area contributed by atoms with Crippen LogP contribution in [0.25, 0.3) is 0 Å². The minimum absolute atomic E-state index is 0.0513. The molecule has 0 saturated carbocycles. The minimum atomic E-state index is -4.07. The van der Waals surface area contributed by atoms with Crippen LogP contribution < -0.4 is 14.9 Å². The summed E-state index contributed by atoms with van der Waals surface area (Å²) in [6.07, 6.45) is 0. The van der Waals surface area contributed by atoms with Crippen molar-refractivity contribution in [3.05, 3.63) is 96.1 Å². The van der Waals surface area contributed by atoms with E-state index in [-0.39, 0.29) is 17.0 Å². The van der Waals surface area contributed by atoms with Crippen molar-refractivity contribution in [2.75, 3.05) is 17.5 Å². The second kappa shape index (κ2) is 11.8. The van der Waals surface area contributed by atoms with Gasteiger partial charge in [-0.2, -0.15) is 0 Å². The zero-order chi connectivity index (χ0) is 25.3. The van der Waals surface area contributed by atoms with Gasteiger partial charge in [0.05, 0.1) is 22.7 Å². The van der Waals surface area contributed by atoms with Gasteiger partial charge in [0.25, 0.3) is 15.9 Å². The number of amides is 3. The topological polar surface area (TPSA) is 122 Å². The quantitative estimate of drug-likeness (QED) is 0.440. The number of rotatable bonds is 9. The lowest BCUT2D eigenvalue weighted by atomic mass is 10.2. The molecular weight excluding hydrogens is 470 g/mol. The second-order valence-corrected chi connectivity index (χ2v) is 9.21. The zero-order valence-electron chi connectivity index (χ0n) is 19.0. The van der Waals surface area contributed by atoms with Gasteiger partial charge in [-0.1, -0.05) is 54.6 Å². The third-order valence-electron chi connectivity index (χ3n) is 4.80. The Morgan fingerprint density at radius 2 is 1.54 bits per heavy atom. The van der Waals surface area contributed by atoms with Crippen LogP contribution in [-0.2, 0) is 26.1 Å². The summed E-state index contributed by atoms with van der Waals surface area (Å²) < 4.78 is 33.4. The number of benzene rings is 3. The van der Waals surface area contributed by atoms with Gasteiger partial charge in [0.15, 0.2) is 6.61 Å². The fourth-order valence-corrected chi connectivity index (χ4v) is 4.65. The Bertz CT molecular complexity index is 1280. The van der Waals surface area contributed by atoms with Crippen molar-refractivity contribution in [1.29, 1.82) is 0 Å². The predicted octanol–water partition coefficient (Wildman–Crippen LogP) is 3.08. The van der Waals surface area contributed by atoms with Crippen LogP contribution in [0.4, 0.5) is 10.5 Å². The number of imide groups is 1. The smallest absolute Gasteiger partial charge is 0.338 e. The predicted molar refractivity (Wildman–Crippen MR) is 130 cm³/mol. The molecular formula is C25H25N3O6S. The van der Waals surface area contributed by atoms with Gasteiger partial charge in [-0.05, 0) is 42.8 Å². The molecule has 0 heterocycles. The summed E-state index contributed by atoms with van der Waals surface area (Å²) in [5.41, 5.74) is 1.20. The number of nitrogens with zero attached hydrogens (tertiary/aromatic N) is 1. The van der Waals surface area contributed by atoms with Crippen LogP contribution in [0.1, 0.15) is 22.8 Å². The highest BCUT2D eigenvalue weighted by molar-refractivity contribution is 7.92. The molecule has 0 bridgehead atoms. The summed E-state index contributed by atoms with van der Waals surface area (Å²) in [7, 11) is -4.07. The molecule has 0 aliphatic carbocycles. The standard InChI is InChI=1S/C25H25N3O6S/c1-2-26-25(31)27-23(29)18-34-24(30)20-12-9-15-22(16-20)35(32,33)28(21-13-7-4-8-14-21)17-19-10-5-3-6-11-19/h3-16H,2,17-18H2,1H3,(H2,26,27,29,31). The number of hydrogen-bond donors (Lipinski definition) is 2. The van der Waals surface area contributed by atoms with Gasteiger partial charge < -0.3 is 10.1 Å². The van der Waals surface area contributed by atoms with Gasteiger partial charge in [-0.3, -0.25) is 14.4 Å². The first kappa shape index (κ1) is 25.4. The summed E-state index contributed by atoms with van der Waals surface area (Å²) in [6.45, 7) is 1.40. The second-order valence-electron chi connectivity index (χ2n) is 7.34. The fraction of sp³-hybridized carbons (Fsp3) is 0.160. The number of para-hydroxylation sites is 1. The van der Waals surface area contributed by atoms with E-state index in [9.17, 15) is 22.8 Å². The number of esters is 1. The van der Waals surface area contributed by atoms with Crippen LogP contribution in [0, 0.1) is 0 Å². The number of carbonyl (C=O) groups excluding carboxylic acids is 3. The molecule has 0 fully saturated rings. The number of hydrogen-bond acceptors (Lipinski definition) is 6. The van der Waals surface area contributed by atoms with E-state index in [0.29, 0.717) is 12.2 Å². The van der Waals surface area contributed by atoms with Crippen LogP contribution >= 0.6 is 0 Å². The van der Waals surface area contributed by atoms with E-state index in [0.717, 1.165) is 5.56 Å². The molecule has 3 aromatic rings. The third kappa shape index (κ3) is 6.90. The molecule has 0 aliphatic rings. The highest BCUT2D eigenvalue weighted by atomic mass is 32.2. The van der Waals surface area contributed by atoms with E-state index in [2.05, 4.69) is 5.32 Å². The average Bonchev–Trinajstić information content (AvgIpc) is 2.87. The molecule has 0 radical (unpaired) electrons. The Labute approximate surface area is 203 Å². The summed E-state index contributed by atoms with van der Waals surface area (Å²) in [6, 6.07) is 22.4. The maximum atomic E-state index is 13.6. The molecule has 10 heteroatoms. The number of anilines is 1. The molecule has 9 nitrogen and oxygen atoms in total. The lowest BCUT2D eigenvalue weighted by Gasteiger charge is -2.25. The van der Waals surface area contributed by atoms with E-state index in [1.807, 2.05) is 35.6 Å². The number of ether oxygens (including phenoxy) is 1. The van der Waals surface area contributed by atoms with E-state index < -0.39 is 34.5 Å². The van der Waals surface area contributed by atoms with Crippen molar-refractivity contribution in [3.63, 3.8) is 0 Å². The lowest BCUT2D eigenvalue weighted by Crippen LogP contribution is -2.41. The molecule has 0 aromatic heterocycles. The molecule has 3 rings (SSSR count). The Hall–Kier alpha value is -4.18. The normalized spacial score (nSPS) is 10.8. The molecule has 35 heavy (non-hydrogen) atoms. The van der Waals surface area contributed by atoms with Crippen molar-refractivity contribution in [2.45, 2.75) is 18.4 Å². The van der Waals surface area contributed by atoms with Crippen molar-refractivity contribution < 1.29 is 27.5 Å². The van der Waals surface area contributed by atoms with Gasteiger partial charge in [0, 0.05) is 6.54 Å². The van der Waals surface area contributed by atoms with Gasteiger partial charge in [0.1, 0.15) is 0 Å².